The molecule has 0 aromatic heterocycles. The number of rotatable bonds is 1. The maximum Gasteiger partial charge on any atom is 0.0881 e. The van der Waals surface area contributed by atoms with Crippen LogP contribution in [0, 0.1) is 5.92 Å². The molecule has 1 fully saturated rings. The number of aliphatic hydroxyl groups is 2. The summed E-state index contributed by atoms with van der Waals surface area (Å²) in [7, 11) is 0. The van der Waals surface area contributed by atoms with Crippen LogP contribution in [0.15, 0.2) is 36.0 Å². The van der Waals surface area contributed by atoms with Crippen molar-refractivity contribution in [1.82, 2.24) is 0 Å². The second kappa shape index (κ2) is 7.33. The average molecular weight is 320 g/mol. The van der Waals surface area contributed by atoms with Crippen LogP contribution in [-0.4, -0.2) is 34.1 Å². The molecule has 2 aliphatic rings. The fourth-order valence-electron chi connectivity index (χ4n) is 3.72. The van der Waals surface area contributed by atoms with E-state index in [1.165, 1.54) is 5.57 Å². The first kappa shape index (κ1) is 18.4. The van der Waals surface area contributed by atoms with Crippen molar-refractivity contribution < 1.29 is 14.9 Å². The fourth-order valence-corrected chi connectivity index (χ4v) is 3.72. The highest BCUT2D eigenvalue weighted by atomic mass is 16.5. The van der Waals surface area contributed by atoms with Crippen molar-refractivity contribution in [2.24, 2.45) is 5.92 Å². The molecule has 3 heteroatoms. The molecular weight excluding hydrogens is 288 g/mol. The van der Waals surface area contributed by atoms with Crippen molar-refractivity contribution in [3.05, 3.63) is 36.0 Å². The van der Waals surface area contributed by atoms with Gasteiger partial charge in [0.15, 0.2) is 0 Å². The first-order valence-electron chi connectivity index (χ1n) is 8.75. The minimum atomic E-state index is -0.935. The van der Waals surface area contributed by atoms with Crippen molar-refractivity contribution in [3.63, 3.8) is 0 Å². The van der Waals surface area contributed by atoms with E-state index in [0.717, 1.165) is 36.8 Å². The minimum absolute atomic E-state index is 0.0918. The maximum absolute atomic E-state index is 10.9. The van der Waals surface area contributed by atoms with Crippen LogP contribution in [-0.2, 0) is 4.74 Å². The zero-order valence-electron chi connectivity index (χ0n) is 14.8. The lowest BCUT2D eigenvalue weighted by Gasteiger charge is -2.31. The maximum atomic E-state index is 10.9. The Labute approximate surface area is 140 Å². The molecule has 0 radical (unpaired) electrons. The Hall–Kier alpha value is -0.900. The predicted molar refractivity (Wildman–Crippen MR) is 94.2 cm³/mol. The third-order valence-corrected chi connectivity index (χ3v) is 5.46. The third-order valence-electron chi connectivity index (χ3n) is 5.46. The SMILES string of the molecule is C=C1CCC=C(C)CC2OC(CC2C(=C)C)C(C)(O)CCC1O. The highest BCUT2D eigenvalue weighted by Crippen LogP contribution is 2.40. The summed E-state index contributed by atoms with van der Waals surface area (Å²) in [6.07, 6.45) is 5.96. The summed E-state index contributed by atoms with van der Waals surface area (Å²) < 4.78 is 6.24. The van der Waals surface area contributed by atoms with E-state index in [1.54, 1.807) is 0 Å². The number of allylic oxidation sites excluding steroid dienone is 1. The smallest absolute Gasteiger partial charge is 0.0881 e. The minimum Gasteiger partial charge on any atom is -0.389 e. The Morgan fingerprint density at radius 1 is 1.43 bits per heavy atom. The molecule has 5 unspecified atom stereocenters. The summed E-state index contributed by atoms with van der Waals surface area (Å²) in [5, 5.41) is 21.1. The fraction of sp³-hybridized carbons (Fsp3) is 0.700. The van der Waals surface area contributed by atoms with Crippen LogP contribution in [0.5, 0.6) is 0 Å². The first-order valence-corrected chi connectivity index (χ1v) is 8.75. The number of fused-ring (bicyclic) bond motifs is 2. The van der Waals surface area contributed by atoms with E-state index in [9.17, 15) is 10.2 Å². The standard InChI is InChI=1S/C20H32O3/c1-13(2)16-12-19-20(5,22)10-9-17(21)15(4)8-6-7-14(3)11-18(16)23-19/h7,16-19,21-22H,1,4,6,8-12H2,2-3,5H3. The summed E-state index contributed by atoms with van der Waals surface area (Å²) in [6.45, 7) is 14.1. The van der Waals surface area contributed by atoms with Crippen LogP contribution in [0.1, 0.15) is 59.3 Å². The van der Waals surface area contributed by atoms with Gasteiger partial charge in [-0.2, -0.15) is 0 Å². The van der Waals surface area contributed by atoms with Gasteiger partial charge in [-0.3, -0.25) is 0 Å². The van der Waals surface area contributed by atoms with Crippen LogP contribution < -0.4 is 0 Å². The monoisotopic (exact) mass is 320 g/mol. The van der Waals surface area contributed by atoms with E-state index in [2.05, 4.69) is 26.2 Å². The van der Waals surface area contributed by atoms with Crippen molar-refractivity contribution in [2.75, 3.05) is 0 Å². The van der Waals surface area contributed by atoms with E-state index < -0.39 is 11.7 Å². The molecular formula is C20H32O3. The largest absolute Gasteiger partial charge is 0.389 e. The van der Waals surface area contributed by atoms with Gasteiger partial charge in [-0.15, -0.1) is 0 Å². The molecule has 2 rings (SSSR count). The van der Waals surface area contributed by atoms with E-state index in [1.807, 2.05) is 13.8 Å². The topological polar surface area (TPSA) is 49.7 Å². The van der Waals surface area contributed by atoms with Crippen molar-refractivity contribution >= 4 is 0 Å². The molecule has 0 aliphatic carbocycles. The molecule has 130 valence electrons. The number of ether oxygens (including phenoxy) is 1. The lowest BCUT2D eigenvalue weighted by Crippen LogP contribution is -2.40. The summed E-state index contributed by atoms with van der Waals surface area (Å²) in [4.78, 5) is 0. The zero-order chi connectivity index (χ0) is 17.2. The predicted octanol–water partition coefficient (Wildman–Crippen LogP) is 3.91. The van der Waals surface area contributed by atoms with Gasteiger partial charge in [0, 0.05) is 5.92 Å². The van der Waals surface area contributed by atoms with Gasteiger partial charge in [0.25, 0.3) is 0 Å². The summed E-state index contributed by atoms with van der Waals surface area (Å²) >= 11 is 0. The Morgan fingerprint density at radius 3 is 2.78 bits per heavy atom. The summed E-state index contributed by atoms with van der Waals surface area (Å²) in [5.41, 5.74) is 2.34. The van der Waals surface area contributed by atoms with Gasteiger partial charge in [-0.25, -0.2) is 0 Å². The van der Waals surface area contributed by atoms with Gasteiger partial charge in [-0.05, 0) is 64.9 Å². The highest BCUT2D eigenvalue weighted by Gasteiger charge is 2.44. The van der Waals surface area contributed by atoms with Gasteiger partial charge in [0.1, 0.15) is 0 Å². The quantitative estimate of drug-likeness (QED) is 0.720. The normalized spacial score (nSPS) is 39.9. The van der Waals surface area contributed by atoms with Crippen LogP contribution in [0.2, 0.25) is 0 Å². The average Bonchev–Trinajstić information content (AvgIpc) is 2.88. The molecule has 0 amide bonds. The number of hydrogen-bond acceptors (Lipinski definition) is 3. The molecule has 2 aliphatic heterocycles. The van der Waals surface area contributed by atoms with E-state index in [0.29, 0.717) is 12.8 Å². The lowest BCUT2D eigenvalue weighted by atomic mass is 9.83. The molecule has 2 bridgehead atoms. The van der Waals surface area contributed by atoms with Gasteiger partial charge in [0.05, 0.1) is 23.9 Å². The van der Waals surface area contributed by atoms with Gasteiger partial charge >= 0.3 is 0 Å². The second-order valence-electron chi connectivity index (χ2n) is 7.71. The molecule has 0 aromatic carbocycles. The molecule has 2 heterocycles. The summed E-state index contributed by atoms with van der Waals surface area (Å²) in [6, 6.07) is 0. The molecule has 3 nitrogen and oxygen atoms in total. The molecule has 23 heavy (non-hydrogen) atoms. The van der Waals surface area contributed by atoms with Crippen LogP contribution in [0.3, 0.4) is 0 Å². The first-order chi connectivity index (χ1) is 10.7. The van der Waals surface area contributed by atoms with E-state index in [4.69, 9.17) is 4.74 Å². The molecule has 0 aromatic rings. The summed E-state index contributed by atoms with van der Waals surface area (Å²) in [5.74, 6) is 0.289. The Morgan fingerprint density at radius 2 is 2.13 bits per heavy atom. The van der Waals surface area contributed by atoms with Gasteiger partial charge in [0.2, 0.25) is 0 Å². The highest BCUT2D eigenvalue weighted by molar-refractivity contribution is 5.13. The van der Waals surface area contributed by atoms with Crippen molar-refractivity contribution in [2.45, 2.75) is 83.2 Å². The third kappa shape index (κ3) is 4.56. The molecule has 0 spiro atoms. The van der Waals surface area contributed by atoms with Crippen molar-refractivity contribution in [3.8, 4) is 0 Å². The molecule has 0 saturated carbocycles. The van der Waals surface area contributed by atoms with Gasteiger partial charge in [-0.1, -0.05) is 30.4 Å². The zero-order valence-corrected chi connectivity index (χ0v) is 14.8. The van der Waals surface area contributed by atoms with E-state index >= 15 is 0 Å². The Kier molecular flexibility index (Phi) is 5.88. The number of hydrogen-bond donors (Lipinski definition) is 2. The second-order valence-corrected chi connectivity index (χ2v) is 7.71. The van der Waals surface area contributed by atoms with Crippen LogP contribution in [0.4, 0.5) is 0 Å². The Bertz CT molecular complexity index is 489. The number of aliphatic hydroxyl groups excluding tert-OH is 1. The Balaban J connectivity index is 2.24. The van der Waals surface area contributed by atoms with Crippen LogP contribution in [0.25, 0.3) is 0 Å². The molecule has 2 N–H and O–H groups in total. The van der Waals surface area contributed by atoms with E-state index in [-0.39, 0.29) is 18.1 Å². The lowest BCUT2D eigenvalue weighted by molar-refractivity contribution is -0.101. The van der Waals surface area contributed by atoms with Crippen LogP contribution >= 0.6 is 0 Å². The molecule has 5 atom stereocenters. The van der Waals surface area contributed by atoms with Crippen molar-refractivity contribution in [1.29, 1.82) is 0 Å². The van der Waals surface area contributed by atoms with Gasteiger partial charge < -0.3 is 14.9 Å². The molecule has 1 saturated heterocycles.